The van der Waals surface area contributed by atoms with Gasteiger partial charge < -0.3 is 14.3 Å². The first-order chi connectivity index (χ1) is 15.0. The number of rotatable bonds is 5. The summed E-state index contributed by atoms with van der Waals surface area (Å²) in [5, 5.41) is 4.57. The second-order valence-electron chi connectivity index (χ2n) is 7.20. The third-order valence-electron chi connectivity index (χ3n) is 5.11. The fourth-order valence-corrected chi connectivity index (χ4v) is 3.53. The van der Waals surface area contributed by atoms with Crippen LogP contribution in [0.5, 0.6) is 0 Å². The molecule has 1 saturated heterocycles. The first-order valence-electron chi connectivity index (χ1n) is 9.91. The Morgan fingerprint density at radius 2 is 1.74 bits per heavy atom. The van der Waals surface area contributed by atoms with E-state index in [2.05, 4.69) is 10.1 Å². The summed E-state index contributed by atoms with van der Waals surface area (Å²) < 4.78 is 18.6. The van der Waals surface area contributed by atoms with Crippen molar-refractivity contribution in [1.29, 1.82) is 0 Å². The first-order valence-corrected chi connectivity index (χ1v) is 10.3. The van der Waals surface area contributed by atoms with Gasteiger partial charge in [0.15, 0.2) is 0 Å². The van der Waals surface area contributed by atoms with Crippen molar-refractivity contribution in [3.8, 4) is 11.4 Å². The van der Waals surface area contributed by atoms with Crippen LogP contribution in [0.15, 0.2) is 53.1 Å². The van der Waals surface area contributed by atoms with E-state index in [0.717, 1.165) is 5.56 Å². The summed E-state index contributed by atoms with van der Waals surface area (Å²) in [5.74, 6) is 0.123. The first kappa shape index (κ1) is 21.0. The molecule has 0 unspecified atom stereocenters. The molecule has 1 fully saturated rings. The van der Waals surface area contributed by atoms with Crippen LogP contribution < -0.4 is 0 Å². The number of hydrogen-bond acceptors (Lipinski definition) is 5. The van der Waals surface area contributed by atoms with Gasteiger partial charge in [0.25, 0.3) is 5.91 Å². The summed E-state index contributed by atoms with van der Waals surface area (Å²) in [5.41, 5.74) is 1.09. The number of nitrogens with zero attached hydrogens (tertiary/aromatic N) is 4. The zero-order valence-electron chi connectivity index (χ0n) is 16.6. The van der Waals surface area contributed by atoms with Crippen LogP contribution >= 0.6 is 11.6 Å². The van der Waals surface area contributed by atoms with Gasteiger partial charge in [-0.05, 0) is 42.5 Å². The molecule has 160 valence electrons. The molecule has 0 saturated carbocycles. The molecule has 2 heterocycles. The van der Waals surface area contributed by atoms with Crippen molar-refractivity contribution in [2.75, 3.05) is 26.2 Å². The number of hydrogen-bond donors (Lipinski definition) is 0. The molecule has 0 spiro atoms. The maximum atomic E-state index is 13.4. The van der Waals surface area contributed by atoms with Crippen LogP contribution in [-0.4, -0.2) is 57.9 Å². The van der Waals surface area contributed by atoms with Crippen molar-refractivity contribution in [3.63, 3.8) is 0 Å². The third-order valence-corrected chi connectivity index (χ3v) is 5.37. The second kappa shape index (κ2) is 9.26. The highest BCUT2D eigenvalue weighted by molar-refractivity contribution is 6.30. The number of piperazine rings is 1. The van der Waals surface area contributed by atoms with Gasteiger partial charge in [0.2, 0.25) is 17.6 Å². The number of amides is 2. The van der Waals surface area contributed by atoms with E-state index in [9.17, 15) is 14.0 Å². The van der Waals surface area contributed by atoms with E-state index in [1.165, 1.54) is 18.2 Å². The van der Waals surface area contributed by atoms with E-state index in [4.69, 9.17) is 16.1 Å². The quantitative estimate of drug-likeness (QED) is 0.604. The molecule has 1 aliphatic rings. The molecule has 2 amide bonds. The number of carbonyl (C=O) groups excluding carboxylic acids is 2. The Balaban J connectivity index is 1.27. The van der Waals surface area contributed by atoms with Crippen molar-refractivity contribution in [1.82, 2.24) is 19.9 Å². The maximum absolute atomic E-state index is 13.4. The largest absolute Gasteiger partial charge is 0.339 e. The molecule has 1 aromatic heterocycles. The summed E-state index contributed by atoms with van der Waals surface area (Å²) in [6.45, 7) is 1.67. The molecule has 0 radical (unpaired) electrons. The highest BCUT2D eigenvalue weighted by Gasteiger charge is 2.25. The van der Waals surface area contributed by atoms with Gasteiger partial charge in [0, 0.05) is 55.2 Å². The molecule has 0 bridgehead atoms. The standard InChI is InChI=1S/C22H20ClFN4O3/c23-17-6-4-15(5-7-17)21-25-19(31-26-21)8-9-20(29)27-10-12-28(13-11-27)22(30)16-2-1-3-18(24)14-16/h1-7,14H,8-13H2. The van der Waals surface area contributed by atoms with Gasteiger partial charge in [-0.1, -0.05) is 22.8 Å². The molecule has 9 heteroatoms. The second-order valence-corrected chi connectivity index (χ2v) is 7.64. The molecule has 1 aliphatic heterocycles. The van der Waals surface area contributed by atoms with E-state index in [1.54, 1.807) is 40.1 Å². The number of benzene rings is 2. The maximum Gasteiger partial charge on any atom is 0.254 e. The van der Waals surface area contributed by atoms with Crippen molar-refractivity contribution in [2.45, 2.75) is 12.8 Å². The van der Waals surface area contributed by atoms with Crippen LogP contribution in [0.4, 0.5) is 4.39 Å². The summed E-state index contributed by atoms with van der Waals surface area (Å²) in [4.78, 5) is 32.7. The van der Waals surface area contributed by atoms with Crippen LogP contribution in [0.25, 0.3) is 11.4 Å². The van der Waals surface area contributed by atoms with Crippen LogP contribution in [0.2, 0.25) is 5.02 Å². The minimum absolute atomic E-state index is 0.0379. The molecule has 7 nitrogen and oxygen atoms in total. The molecule has 3 aromatic rings. The predicted octanol–water partition coefficient (Wildman–Crippen LogP) is 3.45. The summed E-state index contributed by atoms with van der Waals surface area (Å²) in [6.07, 6.45) is 0.571. The van der Waals surface area contributed by atoms with Crippen molar-refractivity contribution >= 4 is 23.4 Å². The lowest BCUT2D eigenvalue weighted by atomic mass is 10.1. The Hall–Kier alpha value is -3.26. The third kappa shape index (κ3) is 5.08. The molecule has 0 atom stereocenters. The summed E-state index contributed by atoms with van der Waals surface area (Å²) >= 11 is 5.88. The fourth-order valence-electron chi connectivity index (χ4n) is 3.41. The molecular formula is C22H20ClFN4O3. The Kier molecular flexibility index (Phi) is 6.27. The summed E-state index contributed by atoms with van der Waals surface area (Å²) in [6, 6.07) is 12.7. The van der Waals surface area contributed by atoms with Gasteiger partial charge in [0.05, 0.1) is 0 Å². The number of carbonyl (C=O) groups is 2. The van der Waals surface area contributed by atoms with Crippen LogP contribution in [0.1, 0.15) is 22.7 Å². The van der Waals surface area contributed by atoms with Gasteiger partial charge in [-0.3, -0.25) is 9.59 Å². The average Bonchev–Trinajstić information content (AvgIpc) is 3.26. The fraction of sp³-hybridized carbons (Fsp3) is 0.273. The Labute approximate surface area is 183 Å². The van der Waals surface area contributed by atoms with Crippen molar-refractivity contribution in [2.24, 2.45) is 0 Å². The minimum Gasteiger partial charge on any atom is -0.339 e. The van der Waals surface area contributed by atoms with E-state index in [1.807, 2.05) is 0 Å². The topological polar surface area (TPSA) is 79.5 Å². The predicted molar refractivity (Wildman–Crippen MR) is 112 cm³/mol. The van der Waals surface area contributed by atoms with Gasteiger partial charge in [-0.15, -0.1) is 0 Å². The van der Waals surface area contributed by atoms with Crippen LogP contribution in [0.3, 0.4) is 0 Å². The number of halogens is 2. The van der Waals surface area contributed by atoms with Gasteiger partial charge in [-0.2, -0.15) is 4.98 Å². The molecule has 4 rings (SSSR count). The average molecular weight is 443 g/mol. The van der Waals surface area contributed by atoms with E-state index < -0.39 is 5.82 Å². The lowest BCUT2D eigenvalue weighted by Gasteiger charge is -2.34. The SMILES string of the molecule is O=C(CCc1nc(-c2ccc(Cl)cc2)no1)N1CCN(C(=O)c2cccc(F)c2)CC1. The number of aromatic nitrogens is 2. The van der Waals surface area contributed by atoms with Crippen molar-refractivity contribution in [3.05, 3.63) is 70.8 Å². The van der Waals surface area contributed by atoms with Crippen LogP contribution in [-0.2, 0) is 11.2 Å². The molecule has 31 heavy (non-hydrogen) atoms. The molecular weight excluding hydrogens is 423 g/mol. The zero-order chi connectivity index (χ0) is 21.8. The lowest BCUT2D eigenvalue weighted by molar-refractivity contribution is -0.132. The molecule has 2 aromatic carbocycles. The highest BCUT2D eigenvalue weighted by atomic mass is 35.5. The van der Waals surface area contributed by atoms with E-state index >= 15 is 0 Å². The van der Waals surface area contributed by atoms with Gasteiger partial charge in [-0.25, -0.2) is 4.39 Å². The van der Waals surface area contributed by atoms with Crippen molar-refractivity contribution < 1.29 is 18.5 Å². The highest BCUT2D eigenvalue weighted by Crippen LogP contribution is 2.19. The molecule has 0 N–H and O–H groups in total. The Bertz CT molecular complexity index is 1080. The normalized spacial score (nSPS) is 14.0. The van der Waals surface area contributed by atoms with Crippen LogP contribution in [0, 0.1) is 5.82 Å². The Morgan fingerprint density at radius 3 is 2.45 bits per heavy atom. The molecule has 0 aliphatic carbocycles. The summed E-state index contributed by atoms with van der Waals surface area (Å²) in [7, 11) is 0. The zero-order valence-corrected chi connectivity index (χ0v) is 17.4. The minimum atomic E-state index is -0.445. The van der Waals surface area contributed by atoms with E-state index in [-0.39, 0.29) is 18.2 Å². The number of aryl methyl sites for hydroxylation is 1. The monoisotopic (exact) mass is 442 g/mol. The van der Waals surface area contributed by atoms with Gasteiger partial charge in [0.1, 0.15) is 5.82 Å². The van der Waals surface area contributed by atoms with Gasteiger partial charge >= 0.3 is 0 Å². The lowest BCUT2D eigenvalue weighted by Crippen LogP contribution is -2.50. The smallest absolute Gasteiger partial charge is 0.254 e. The van der Waals surface area contributed by atoms with E-state index in [0.29, 0.717) is 54.9 Å². The Morgan fingerprint density at radius 1 is 1.03 bits per heavy atom.